The van der Waals surface area contributed by atoms with Gasteiger partial charge in [0.2, 0.25) is 0 Å². The third-order valence-corrected chi connectivity index (χ3v) is 2.86. The molecule has 3 N–H and O–H groups in total. The van der Waals surface area contributed by atoms with Gasteiger partial charge in [-0.05, 0) is 24.8 Å². The standard InChI is InChI=1S/C10H18N2OS/c1-10(13,8-14-2)7-12-6-9-3-4-11-5-9/h3-5,11-13H,6-8H2,1-2H3. The van der Waals surface area contributed by atoms with Crippen LogP contribution in [0.25, 0.3) is 0 Å². The molecule has 1 atom stereocenters. The van der Waals surface area contributed by atoms with E-state index < -0.39 is 5.60 Å². The molecule has 0 amide bonds. The summed E-state index contributed by atoms with van der Waals surface area (Å²) in [7, 11) is 0. The summed E-state index contributed by atoms with van der Waals surface area (Å²) < 4.78 is 0. The Labute approximate surface area is 89.3 Å². The fourth-order valence-electron chi connectivity index (χ4n) is 1.31. The molecule has 1 rings (SSSR count). The average Bonchev–Trinajstić information content (AvgIpc) is 2.56. The van der Waals surface area contributed by atoms with Crippen LogP contribution in [0.2, 0.25) is 0 Å². The van der Waals surface area contributed by atoms with Crippen molar-refractivity contribution in [1.82, 2.24) is 10.3 Å². The first-order valence-corrected chi connectivity index (χ1v) is 6.07. The Balaban J connectivity index is 2.20. The van der Waals surface area contributed by atoms with E-state index in [2.05, 4.69) is 10.3 Å². The summed E-state index contributed by atoms with van der Waals surface area (Å²) in [5.74, 6) is 0.757. The molecule has 0 radical (unpaired) electrons. The second-order valence-electron chi connectivity index (χ2n) is 3.75. The molecule has 0 bridgehead atoms. The first kappa shape index (κ1) is 11.6. The normalized spacial score (nSPS) is 15.4. The molecule has 80 valence electrons. The van der Waals surface area contributed by atoms with Gasteiger partial charge in [-0.25, -0.2) is 0 Å². The summed E-state index contributed by atoms with van der Waals surface area (Å²) in [4.78, 5) is 3.00. The monoisotopic (exact) mass is 214 g/mol. The van der Waals surface area contributed by atoms with Crippen LogP contribution in [0.15, 0.2) is 18.5 Å². The van der Waals surface area contributed by atoms with Crippen molar-refractivity contribution < 1.29 is 5.11 Å². The Morgan fingerprint density at radius 3 is 3.00 bits per heavy atom. The molecule has 1 unspecified atom stereocenters. The molecule has 0 spiro atoms. The second kappa shape index (κ2) is 5.44. The molecular formula is C10H18N2OS. The van der Waals surface area contributed by atoms with E-state index in [1.165, 1.54) is 5.56 Å². The van der Waals surface area contributed by atoms with E-state index >= 15 is 0 Å². The zero-order valence-electron chi connectivity index (χ0n) is 8.71. The number of hydrogen-bond donors (Lipinski definition) is 3. The highest BCUT2D eigenvalue weighted by Crippen LogP contribution is 2.09. The quantitative estimate of drug-likeness (QED) is 0.667. The maximum atomic E-state index is 9.85. The number of hydrogen-bond acceptors (Lipinski definition) is 3. The maximum Gasteiger partial charge on any atom is 0.0833 e. The lowest BCUT2D eigenvalue weighted by atomic mass is 10.1. The Hall–Kier alpha value is -0.450. The van der Waals surface area contributed by atoms with E-state index in [9.17, 15) is 5.11 Å². The van der Waals surface area contributed by atoms with Crippen molar-refractivity contribution in [2.75, 3.05) is 18.6 Å². The van der Waals surface area contributed by atoms with Crippen molar-refractivity contribution in [3.63, 3.8) is 0 Å². The van der Waals surface area contributed by atoms with Crippen LogP contribution in [0, 0.1) is 0 Å². The summed E-state index contributed by atoms with van der Waals surface area (Å²) >= 11 is 1.66. The Morgan fingerprint density at radius 1 is 1.64 bits per heavy atom. The number of H-pyrrole nitrogens is 1. The van der Waals surface area contributed by atoms with Gasteiger partial charge in [0.25, 0.3) is 0 Å². The number of thioether (sulfide) groups is 1. The predicted octanol–water partition coefficient (Wildman–Crippen LogP) is 1.22. The zero-order valence-corrected chi connectivity index (χ0v) is 9.53. The van der Waals surface area contributed by atoms with Gasteiger partial charge in [-0.15, -0.1) is 0 Å². The van der Waals surface area contributed by atoms with Gasteiger partial charge >= 0.3 is 0 Å². The van der Waals surface area contributed by atoms with Crippen molar-refractivity contribution in [3.8, 4) is 0 Å². The molecule has 1 aromatic rings. The maximum absolute atomic E-state index is 9.85. The Bertz CT molecular complexity index is 247. The molecule has 0 aliphatic carbocycles. The van der Waals surface area contributed by atoms with E-state index in [1.807, 2.05) is 31.6 Å². The van der Waals surface area contributed by atoms with Gasteiger partial charge in [-0.2, -0.15) is 11.8 Å². The van der Waals surface area contributed by atoms with E-state index in [0.29, 0.717) is 6.54 Å². The SMILES string of the molecule is CSCC(C)(O)CNCc1cc[nH]c1. The predicted molar refractivity (Wildman–Crippen MR) is 61.5 cm³/mol. The van der Waals surface area contributed by atoms with Gasteiger partial charge in [0.05, 0.1) is 5.60 Å². The molecule has 0 aromatic carbocycles. The van der Waals surface area contributed by atoms with Crippen molar-refractivity contribution >= 4 is 11.8 Å². The smallest absolute Gasteiger partial charge is 0.0833 e. The molecule has 0 fully saturated rings. The summed E-state index contributed by atoms with van der Waals surface area (Å²) in [5.41, 5.74) is 0.598. The number of aromatic nitrogens is 1. The third kappa shape index (κ3) is 4.17. The molecule has 0 aliphatic heterocycles. The summed E-state index contributed by atoms with van der Waals surface area (Å²) in [5, 5.41) is 13.1. The summed E-state index contributed by atoms with van der Waals surface area (Å²) in [6.07, 6.45) is 5.86. The second-order valence-corrected chi connectivity index (χ2v) is 4.62. The van der Waals surface area contributed by atoms with E-state index in [1.54, 1.807) is 11.8 Å². The zero-order chi connectivity index (χ0) is 10.4. The van der Waals surface area contributed by atoms with Gasteiger partial charge in [0, 0.05) is 31.2 Å². The fourth-order valence-corrected chi connectivity index (χ4v) is 2.03. The number of nitrogens with one attached hydrogen (secondary N) is 2. The number of aromatic amines is 1. The molecular weight excluding hydrogens is 196 g/mol. The van der Waals surface area contributed by atoms with Crippen LogP contribution >= 0.6 is 11.8 Å². The van der Waals surface area contributed by atoms with Crippen molar-refractivity contribution in [1.29, 1.82) is 0 Å². The molecule has 3 nitrogen and oxygen atoms in total. The number of rotatable bonds is 6. The van der Waals surface area contributed by atoms with Crippen LogP contribution in [0.1, 0.15) is 12.5 Å². The van der Waals surface area contributed by atoms with Gasteiger partial charge < -0.3 is 15.4 Å². The first-order chi connectivity index (χ1) is 6.64. The molecule has 0 saturated carbocycles. The first-order valence-electron chi connectivity index (χ1n) is 4.68. The minimum atomic E-state index is -0.615. The largest absolute Gasteiger partial charge is 0.388 e. The van der Waals surface area contributed by atoms with Crippen molar-refractivity contribution in [2.24, 2.45) is 0 Å². The van der Waals surface area contributed by atoms with E-state index in [0.717, 1.165) is 12.3 Å². The lowest BCUT2D eigenvalue weighted by molar-refractivity contribution is 0.0846. The molecule has 1 aromatic heterocycles. The fraction of sp³-hybridized carbons (Fsp3) is 0.600. The minimum absolute atomic E-state index is 0.615. The van der Waals surface area contributed by atoms with Gasteiger partial charge in [-0.1, -0.05) is 0 Å². The van der Waals surface area contributed by atoms with Crippen LogP contribution in [-0.2, 0) is 6.54 Å². The van der Waals surface area contributed by atoms with E-state index in [4.69, 9.17) is 0 Å². The third-order valence-electron chi connectivity index (χ3n) is 1.95. The van der Waals surface area contributed by atoms with Crippen LogP contribution in [0.4, 0.5) is 0 Å². The van der Waals surface area contributed by atoms with Gasteiger partial charge in [0.1, 0.15) is 0 Å². The number of aliphatic hydroxyl groups is 1. The molecule has 4 heteroatoms. The van der Waals surface area contributed by atoms with Crippen LogP contribution in [-0.4, -0.2) is 34.2 Å². The van der Waals surface area contributed by atoms with Crippen LogP contribution < -0.4 is 5.32 Å². The van der Waals surface area contributed by atoms with Gasteiger partial charge in [-0.3, -0.25) is 0 Å². The molecule has 0 saturated heterocycles. The average molecular weight is 214 g/mol. The minimum Gasteiger partial charge on any atom is -0.388 e. The lowest BCUT2D eigenvalue weighted by Crippen LogP contribution is -2.39. The van der Waals surface area contributed by atoms with Crippen molar-refractivity contribution in [3.05, 3.63) is 24.0 Å². The Morgan fingerprint density at radius 2 is 2.43 bits per heavy atom. The van der Waals surface area contributed by atoms with Crippen LogP contribution in [0.5, 0.6) is 0 Å². The van der Waals surface area contributed by atoms with E-state index in [-0.39, 0.29) is 0 Å². The highest BCUT2D eigenvalue weighted by atomic mass is 32.2. The van der Waals surface area contributed by atoms with Crippen LogP contribution in [0.3, 0.4) is 0 Å². The molecule has 1 heterocycles. The summed E-state index contributed by atoms with van der Waals surface area (Å²) in [6.45, 7) is 3.28. The highest BCUT2D eigenvalue weighted by molar-refractivity contribution is 7.98. The summed E-state index contributed by atoms with van der Waals surface area (Å²) in [6, 6.07) is 2.02. The topological polar surface area (TPSA) is 48.0 Å². The Kier molecular flexibility index (Phi) is 4.51. The van der Waals surface area contributed by atoms with Gasteiger partial charge in [0.15, 0.2) is 0 Å². The molecule has 0 aliphatic rings. The molecule has 14 heavy (non-hydrogen) atoms. The highest BCUT2D eigenvalue weighted by Gasteiger charge is 2.18. The lowest BCUT2D eigenvalue weighted by Gasteiger charge is -2.22. The van der Waals surface area contributed by atoms with Crippen molar-refractivity contribution in [2.45, 2.75) is 19.1 Å².